The first-order valence-corrected chi connectivity index (χ1v) is 12.0. The van der Waals surface area contributed by atoms with E-state index in [9.17, 15) is 16.8 Å². The van der Waals surface area contributed by atoms with Crippen molar-refractivity contribution >= 4 is 20.0 Å². The van der Waals surface area contributed by atoms with E-state index >= 15 is 0 Å². The van der Waals surface area contributed by atoms with E-state index in [1.165, 1.54) is 12.1 Å². The fourth-order valence-corrected chi connectivity index (χ4v) is 4.25. The Morgan fingerprint density at radius 1 is 1.00 bits per heavy atom. The largest absolute Gasteiger partial charge is 0.493 e. The van der Waals surface area contributed by atoms with Gasteiger partial charge < -0.3 is 14.2 Å². The molecule has 0 radical (unpaired) electrons. The molecule has 0 unspecified atom stereocenters. The smallest absolute Gasteiger partial charge is 0.238 e. The fourth-order valence-electron chi connectivity index (χ4n) is 2.67. The molecular weight excluding hydrogens is 420 g/mol. The molecule has 1 aliphatic rings. The zero-order chi connectivity index (χ0) is 20.9. The zero-order valence-corrected chi connectivity index (χ0v) is 17.2. The summed E-state index contributed by atoms with van der Waals surface area (Å²) >= 11 is 0. The number of primary sulfonamides is 1. The van der Waals surface area contributed by atoms with Crippen molar-refractivity contribution < 1.29 is 31.0 Å². The average Bonchev–Trinajstić information content (AvgIpc) is 3.13. The second-order valence-corrected chi connectivity index (χ2v) is 9.86. The van der Waals surface area contributed by atoms with Crippen LogP contribution in [-0.4, -0.2) is 42.5 Å². The maximum atomic E-state index is 12.1. The van der Waals surface area contributed by atoms with Crippen LogP contribution in [-0.2, 0) is 26.5 Å². The quantitative estimate of drug-likeness (QED) is 0.524. The first-order chi connectivity index (χ1) is 13.7. The molecule has 0 aromatic heterocycles. The zero-order valence-electron chi connectivity index (χ0n) is 15.5. The molecule has 0 bridgehead atoms. The third-order valence-electron chi connectivity index (χ3n) is 4.16. The van der Waals surface area contributed by atoms with Crippen molar-refractivity contribution in [1.82, 2.24) is 4.72 Å². The number of sulfonamides is 2. The van der Waals surface area contributed by atoms with E-state index in [1.807, 2.05) is 0 Å². The van der Waals surface area contributed by atoms with Gasteiger partial charge in [-0.2, -0.15) is 0 Å². The van der Waals surface area contributed by atoms with Crippen molar-refractivity contribution in [2.75, 3.05) is 25.7 Å². The van der Waals surface area contributed by atoms with Gasteiger partial charge in [-0.3, -0.25) is 0 Å². The maximum absolute atomic E-state index is 12.1. The minimum Gasteiger partial charge on any atom is -0.493 e. The minimum absolute atomic E-state index is 0.0179. The predicted molar refractivity (Wildman–Crippen MR) is 106 cm³/mol. The first-order valence-electron chi connectivity index (χ1n) is 8.84. The summed E-state index contributed by atoms with van der Waals surface area (Å²) in [6, 6.07) is 11.2. The molecule has 0 aliphatic carbocycles. The van der Waals surface area contributed by atoms with Crippen LogP contribution in [0.25, 0.3) is 0 Å². The predicted octanol–water partition coefficient (Wildman–Crippen LogP) is 0.994. The highest BCUT2D eigenvalue weighted by Gasteiger charge is 2.14. The Labute approximate surface area is 169 Å². The Bertz CT molecular complexity index is 1050. The van der Waals surface area contributed by atoms with Gasteiger partial charge in [0.25, 0.3) is 0 Å². The Hall–Kier alpha value is -2.34. The Morgan fingerprint density at radius 3 is 2.45 bits per heavy atom. The molecule has 0 amide bonds. The second-order valence-electron chi connectivity index (χ2n) is 6.37. The third-order valence-corrected chi connectivity index (χ3v) is 6.56. The average molecular weight is 443 g/mol. The van der Waals surface area contributed by atoms with Crippen LogP contribution in [0.2, 0.25) is 0 Å². The molecule has 0 saturated carbocycles. The molecule has 9 nitrogen and oxygen atoms in total. The highest BCUT2D eigenvalue weighted by molar-refractivity contribution is 7.89. The van der Waals surface area contributed by atoms with Crippen LogP contribution in [0.4, 0.5) is 0 Å². The Morgan fingerprint density at radius 2 is 1.72 bits per heavy atom. The first kappa shape index (κ1) is 21.4. The van der Waals surface area contributed by atoms with Gasteiger partial charge in [0.1, 0.15) is 5.75 Å². The normalized spacial score (nSPS) is 13.4. The molecule has 2 aromatic rings. The van der Waals surface area contributed by atoms with E-state index in [-0.39, 0.29) is 30.6 Å². The van der Waals surface area contributed by atoms with Gasteiger partial charge in [0.05, 0.1) is 17.3 Å². The number of rotatable bonds is 10. The van der Waals surface area contributed by atoms with Crippen LogP contribution in [0.3, 0.4) is 0 Å². The Balaban J connectivity index is 1.37. The Kier molecular flexibility index (Phi) is 6.63. The SMILES string of the molecule is NS(=O)(=O)c1ccc(CCNS(=O)(=O)CCCOc2ccc3c(c2)OCO3)cc1. The van der Waals surface area contributed by atoms with Crippen molar-refractivity contribution in [3.05, 3.63) is 48.0 Å². The van der Waals surface area contributed by atoms with Crippen molar-refractivity contribution in [2.24, 2.45) is 5.14 Å². The highest BCUT2D eigenvalue weighted by Crippen LogP contribution is 2.35. The summed E-state index contributed by atoms with van der Waals surface area (Å²) in [5.41, 5.74) is 0.797. The van der Waals surface area contributed by atoms with Crippen LogP contribution >= 0.6 is 0 Å². The van der Waals surface area contributed by atoms with Crippen LogP contribution in [0.1, 0.15) is 12.0 Å². The van der Waals surface area contributed by atoms with E-state index in [0.717, 1.165) is 5.56 Å². The minimum atomic E-state index is -3.74. The fraction of sp³-hybridized carbons (Fsp3) is 0.333. The van der Waals surface area contributed by atoms with Gasteiger partial charge in [-0.1, -0.05) is 12.1 Å². The van der Waals surface area contributed by atoms with E-state index in [4.69, 9.17) is 19.3 Å². The third kappa shape index (κ3) is 6.32. The van der Waals surface area contributed by atoms with Crippen molar-refractivity contribution in [3.63, 3.8) is 0 Å². The molecule has 11 heteroatoms. The highest BCUT2D eigenvalue weighted by atomic mass is 32.2. The van der Waals surface area contributed by atoms with Crippen LogP contribution in [0.15, 0.2) is 47.4 Å². The standard InChI is InChI=1S/C18H22N2O7S2/c19-29(23,24)16-5-2-14(3-6-16)8-9-20-28(21,22)11-1-10-25-15-4-7-17-18(12-15)27-13-26-17/h2-7,12,20H,1,8-11,13H2,(H2,19,23,24). The number of ether oxygens (including phenoxy) is 3. The van der Waals surface area contributed by atoms with Crippen LogP contribution in [0, 0.1) is 0 Å². The van der Waals surface area contributed by atoms with Gasteiger partial charge >= 0.3 is 0 Å². The van der Waals surface area contributed by atoms with Crippen LogP contribution in [0.5, 0.6) is 17.2 Å². The summed E-state index contributed by atoms with van der Waals surface area (Å²) in [5, 5.41) is 5.04. The molecule has 3 rings (SSSR count). The maximum Gasteiger partial charge on any atom is 0.238 e. The molecule has 29 heavy (non-hydrogen) atoms. The molecule has 158 valence electrons. The summed E-state index contributed by atoms with van der Waals surface area (Å²) in [4.78, 5) is 0.0179. The number of hydrogen-bond acceptors (Lipinski definition) is 7. The van der Waals surface area contributed by atoms with Gasteiger partial charge in [0.15, 0.2) is 11.5 Å². The lowest BCUT2D eigenvalue weighted by Crippen LogP contribution is -2.29. The molecule has 1 aliphatic heterocycles. The lowest BCUT2D eigenvalue weighted by Gasteiger charge is -2.09. The molecule has 3 N–H and O–H groups in total. The number of nitrogens with one attached hydrogen (secondary N) is 1. The summed E-state index contributed by atoms with van der Waals surface area (Å²) in [6.07, 6.45) is 0.755. The monoisotopic (exact) mass is 442 g/mol. The summed E-state index contributed by atoms with van der Waals surface area (Å²) in [5.74, 6) is 1.78. The lowest BCUT2D eigenvalue weighted by atomic mass is 10.2. The number of benzene rings is 2. The van der Waals surface area contributed by atoms with Crippen LogP contribution < -0.4 is 24.1 Å². The second kappa shape index (κ2) is 8.99. The molecule has 0 saturated heterocycles. The molecule has 0 atom stereocenters. The lowest BCUT2D eigenvalue weighted by molar-refractivity contribution is 0.173. The van der Waals surface area contributed by atoms with Crippen molar-refractivity contribution in [2.45, 2.75) is 17.7 Å². The molecule has 2 aromatic carbocycles. The number of hydrogen-bond donors (Lipinski definition) is 2. The van der Waals surface area contributed by atoms with E-state index in [1.54, 1.807) is 30.3 Å². The van der Waals surface area contributed by atoms with E-state index in [2.05, 4.69) is 4.72 Å². The summed E-state index contributed by atoms with van der Waals surface area (Å²) in [7, 11) is -7.17. The molecule has 1 heterocycles. The van der Waals surface area contributed by atoms with Gasteiger partial charge in [0, 0.05) is 12.6 Å². The summed E-state index contributed by atoms with van der Waals surface area (Å²) < 4.78 is 65.1. The molecule has 0 fully saturated rings. The van der Waals surface area contributed by atoms with Gasteiger partial charge in [0.2, 0.25) is 26.8 Å². The topological polar surface area (TPSA) is 134 Å². The van der Waals surface area contributed by atoms with Crippen molar-refractivity contribution in [1.29, 1.82) is 0 Å². The number of fused-ring (bicyclic) bond motifs is 1. The van der Waals surface area contributed by atoms with E-state index in [0.29, 0.717) is 30.1 Å². The van der Waals surface area contributed by atoms with Gasteiger partial charge in [-0.05, 0) is 42.7 Å². The molecule has 0 spiro atoms. The van der Waals surface area contributed by atoms with Gasteiger partial charge in [-0.25, -0.2) is 26.7 Å². The molecular formula is C18H22N2O7S2. The number of nitrogens with two attached hydrogens (primary N) is 1. The van der Waals surface area contributed by atoms with Crippen molar-refractivity contribution in [3.8, 4) is 17.2 Å². The van der Waals surface area contributed by atoms with Gasteiger partial charge in [-0.15, -0.1) is 0 Å². The van der Waals surface area contributed by atoms with E-state index < -0.39 is 20.0 Å². The summed E-state index contributed by atoms with van der Waals surface area (Å²) in [6.45, 7) is 0.634.